The summed E-state index contributed by atoms with van der Waals surface area (Å²) in [7, 11) is 0. The van der Waals surface area contributed by atoms with Crippen molar-refractivity contribution in [1.82, 2.24) is 0 Å². The first-order chi connectivity index (χ1) is 8.86. The third kappa shape index (κ3) is 3.62. The van der Waals surface area contributed by atoms with Crippen LogP contribution in [0.4, 0.5) is 18.9 Å². The molecule has 1 saturated carbocycles. The Hall–Kier alpha value is -1.23. The number of rotatable bonds is 2. The molecular weight excluding hydrogens is 255 g/mol. The van der Waals surface area contributed by atoms with Crippen molar-refractivity contribution in [2.24, 2.45) is 0 Å². The van der Waals surface area contributed by atoms with Gasteiger partial charge in [-0.3, -0.25) is 0 Å². The molecule has 0 bridgehead atoms. The molecule has 0 spiro atoms. The van der Waals surface area contributed by atoms with Crippen LogP contribution in [0.2, 0.25) is 0 Å². The molecule has 0 amide bonds. The highest BCUT2D eigenvalue weighted by Crippen LogP contribution is 2.33. The van der Waals surface area contributed by atoms with Crippen molar-refractivity contribution in [2.45, 2.75) is 50.9 Å². The highest BCUT2D eigenvalue weighted by Gasteiger charge is 2.31. The summed E-state index contributed by atoms with van der Waals surface area (Å²) in [6.07, 6.45) is -1.59. The molecule has 1 aromatic rings. The van der Waals surface area contributed by atoms with Crippen LogP contribution in [0.15, 0.2) is 18.2 Å². The minimum absolute atomic E-state index is 0.144. The summed E-state index contributed by atoms with van der Waals surface area (Å²) < 4.78 is 38.0. The molecule has 0 unspecified atom stereocenters. The van der Waals surface area contributed by atoms with E-state index in [9.17, 15) is 18.3 Å². The van der Waals surface area contributed by atoms with E-state index in [1.54, 1.807) is 6.92 Å². The summed E-state index contributed by atoms with van der Waals surface area (Å²) in [5, 5.41) is 12.6. The molecule has 1 aliphatic rings. The normalized spacial score (nSPS) is 24.3. The lowest BCUT2D eigenvalue weighted by Crippen LogP contribution is -2.28. The van der Waals surface area contributed by atoms with Crippen molar-refractivity contribution < 1.29 is 18.3 Å². The summed E-state index contributed by atoms with van der Waals surface area (Å²) in [6.45, 7) is 1.79. The second-order valence-corrected chi connectivity index (χ2v) is 5.18. The van der Waals surface area contributed by atoms with Crippen LogP contribution in [0.3, 0.4) is 0 Å². The first-order valence-electron chi connectivity index (χ1n) is 6.48. The Labute approximate surface area is 110 Å². The van der Waals surface area contributed by atoms with E-state index in [1.807, 2.05) is 0 Å². The zero-order chi connectivity index (χ0) is 14.0. The number of benzene rings is 1. The van der Waals surface area contributed by atoms with Crippen LogP contribution in [-0.4, -0.2) is 17.3 Å². The van der Waals surface area contributed by atoms with Gasteiger partial charge < -0.3 is 10.4 Å². The molecule has 2 N–H and O–H groups in total. The molecule has 19 heavy (non-hydrogen) atoms. The van der Waals surface area contributed by atoms with Gasteiger partial charge in [0, 0.05) is 11.7 Å². The number of aryl methyl sites for hydroxylation is 1. The topological polar surface area (TPSA) is 32.3 Å². The molecule has 0 radical (unpaired) electrons. The smallest absolute Gasteiger partial charge is 0.393 e. The number of anilines is 1. The van der Waals surface area contributed by atoms with Crippen molar-refractivity contribution in [3.05, 3.63) is 29.3 Å². The number of halogens is 3. The fraction of sp³-hybridized carbons (Fsp3) is 0.571. The van der Waals surface area contributed by atoms with E-state index in [1.165, 1.54) is 12.1 Å². The van der Waals surface area contributed by atoms with Gasteiger partial charge in [-0.1, -0.05) is 6.07 Å². The van der Waals surface area contributed by atoms with Gasteiger partial charge in [0.25, 0.3) is 0 Å². The van der Waals surface area contributed by atoms with Crippen LogP contribution >= 0.6 is 0 Å². The van der Waals surface area contributed by atoms with Gasteiger partial charge in [-0.2, -0.15) is 13.2 Å². The maximum atomic E-state index is 12.7. The third-order valence-corrected chi connectivity index (χ3v) is 3.62. The second kappa shape index (κ2) is 5.41. The molecule has 0 heterocycles. The van der Waals surface area contributed by atoms with E-state index < -0.39 is 11.7 Å². The Morgan fingerprint density at radius 2 is 1.79 bits per heavy atom. The zero-order valence-corrected chi connectivity index (χ0v) is 10.8. The highest BCUT2D eigenvalue weighted by atomic mass is 19.4. The van der Waals surface area contributed by atoms with Crippen LogP contribution in [0.25, 0.3) is 0 Å². The van der Waals surface area contributed by atoms with Crippen LogP contribution in [0.5, 0.6) is 0 Å². The number of hydrogen-bond acceptors (Lipinski definition) is 2. The Balaban J connectivity index is 2.11. The Morgan fingerprint density at radius 3 is 2.37 bits per heavy atom. The molecule has 2 rings (SSSR count). The van der Waals surface area contributed by atoms with Gasteiger partial charge in [0.2, 0.25) is 0 Å². The molecule has 0 saturated heterocycles. The van der Waals surface area contributed by atoms with E-state index in [0.717, 1.165) is 24.5 Å². The number of alkyl halides is 3. The number of nitrogens with one attached hydrogen (secondary N) is 1. The zero-order valence-electron chi connectivity index (χ0n) is 10.8. The fourth-order valence-corrected chi connectivity index (χ4v) is 2.39. The Kier molecular flexibility index (Phi) is 4.04. The molecule has 1 aliphatic carbocycles. The van der Waals surface area contributed by atoms with Gasteiger partial charge >= 0.3 is 6.18 Å². The van der Waals surface area contributed by atoms with E-state index >= 15 is 0 Å². The van der Waals surface area contributed by atoms with Crippen molar-refractivity contribution in [3.8, 4) is 0 Å². The predicted octanol–water partition coefficient (Wildman–Crippen LogP) is 3.73. The van der Waals surface area contributed by atoms with Crippen LogP contribution in [0.1, 0.15) is 36.8 Å². The van der Waals surface area contributed by atoms with E-state index in [2.05, 4.69) is 5.32 Å². The van der Waals surface area contributed by atoms with Gasteiger partial charge in [0.1, 0.15) is 0 Å². The molecule has 1 fully saturated rings. The lowest BCUT2D eigenvalue weighted by atomic mass is 9.92. The third-order valence-electron chi connectivity index (χ3n) is 3.62. The molecular formula is C14H18F3NO. The van der Waals surface area contributed by atoms with Gasteiger partial charge in [0.05, 0.1) is 11.7 Å². The lowest BCUT2D eigenvalue weighted by Gasteiger charge is -2.28. The summed E-state index contributed by atoms with van der Waals surface area (Å²) in [5.74, 6) is 0. The van der Waals surface area contributed by atoms with Crippen molar-refractivity contribution in [3.63, 3.8) is 0 Å². The second-order valence-electron chi connectivity index (χ2n) is 5.18. The van der Waals surface area contributed by atoms with Gasteiger partial charge in [-0.25, -0.2) is 0 Å². The molecule has 0 atom stereocenters. The first-order valence-corrected chi connectivity index (χ1v) is 6.48. The molecule has 2 nitrogen and oxygen atoms in total. The lowest BCUT2D eigenvalue weighted by molar-refractivity contribution is -0.137. The number of aliphatic hydroxyl groups is 1. The quantitative estimate of drug-likeness (QED) is 0.860. The Morgan fingerprint density at radius 1 is 1.16 bits per heavy atom. The molecule has 5 heteroatoms. The summed E-state index contributed by atoms with van der Waals surface area (Å²) >= 11 is 0. The van der Waals surface area contributed by atoms with Crippen molar-refractivity contribution in [2.75, 3.05) is 5.32 Å². The maximum Gasteiger partial charge on any atom is 0.416 e. The van der Waals surface area contributed by atoms with Gasteiger partial charge in [0.15, 0.2) is 0 Å². The number of aliphatic hydroxyl groups excluding tert-OH is 1. The first kappa shape index (κ1) is 14.2. The fourth-order valence-electron chi connectivity index (χ4n) is 2.39. The van der Waals surface area contributed by atoms with Gasteiger partial charge in [-0.05, 0) is 50.3 Å². The minimum Gasteiger partial charge on any atom is -0.393 e. The SMILES string of the molecule is Cc1ccc(C(F)(F)F)cc1NC1CCC(O)CC1. The molecule has 0 aliphatic heterocycles. The maximum absolute atomic E-state index is 12.7. The Bertz CT molecular complexity index is 437. The molecule has 106 valence electrons. The largest absolute Gasteiger partial charge is 0.416 e. The monoisotopic (exact) mass is 273 g/mol. The standard InChI is InChI=1S/C14H18F3NO/c1-9-2-3-10(14(15,16)17)8-13(9)18-11-4-6-12(19)7-5-11/h2-3,8,11-12,18-19H,4-7H2,1H3. The number of hydrogen-bond donors (Lipinski definition) is 2. The summed E-state index contributed by atoms with van der Waals surface area (Å²) in [4.78, 5) is 0. The van der Waals surface area contributed by atoms with Crippen LogP contribution < -0.4 is 5.32 Å². The van der Waals surface area contributed by atoms with E-state index in [4.69, 9.17) is 0 Å². The highest BCUT2D eigenvalue weighted by molar-refractivity contribution is 5.53. The van der Waals surface area contributed by atoms with Crippen LogP contribution in [-0.2, 0) is 6.18 Å². The van der Waals surface area contributed by atoms with Gasteiger partial charge in [-0.15, -0.1) is 0 Å². The summed E-state index contributed by atoms with van der Waals surface area (Å²) in [5.41, 5.74) is 0.715. The summed E-state index contributed by atoms with van der Waals surface area (Å²) in [6, 6.07) is 3.90. The average molecular weight is 273 g/mol. The van der Waals surface area contributed by atoms with E-state index in [0.29, 0.717) is 18.5 Å². The van der Waals surface area contributed by atoms with E-state index in [-0.39, 0.29) is 12.1 Å². The predicted molar refractivity (Wildman–Crippen MR) is 68.1 cm³/mol. The average Bonchev–Trinajstić information content (AvgIpc) is 2.33. The minimum atomic E-state index is -4.31. The molecule has 0 aromatic heterocycles. The van der Waals surface area contributed by atoms with Crippen LogP contribution in [0, 0.1) is 6.92 Å². The molecule has 1 aromatic carbocycles. The van der Waals surface area contributed by atoms with Crippen molar-refractivity contribution >= 4 is 5.69 Å². The van der Waals surface area contributed by atoms with Crippen molar-refractivity contribution in [1.29, 1.82) is 0 Å².